The Morgan fingerprint density at radius 3 is 2.53 bits per heavy atom. The molecular weight excluding hydrogens is 236 g/mol. The van der Waals surface area contributed by atoms with Crippen LogP contribution in [-0.2, 0) is 6.54 Å². The van der Waals surface area contributed by atoms with Gasteiger partial charge in [-0.1, -0.05) is 19.3 Å². The smallest absolute Gasteiger partial charge is 0.155 e. The topological polar surface area (TPSA) is 55.0 Å². The molecule has 0 unspecified atom stereocenters. The van der Waals surface area contributed by atoms with Gasteiger partial charge in [0, 0.05) is 25.2 Å². The van der Waals surface area contributed by atoms with Crippen LogP contribution in [0.25, 0.3) is 0 Å². The molecule has 1 saturated heterocycles. The largest absolute Gasteiger partial charge is 0.355 e. The minimum Gasteiger partial charge on any atom is -0.355 e. The minimum atomic E-state index is 0.548. The molecule has 1 aliphatic carbocycles. The SMILES string of the molecule is NCc1ccnnc1N1CCC2(CCCCC2)CC1. The van der Waals surface area contributed by atoms with Crippen LogP contribution in [-0.4, -0.2) is 23.3 Å². The Labute approximate surface area is 115 Å². The zero-order valence-corrected chi connectivity index (χ0v) is 11.6. The van der Waals surface area contributed by atoms with Crippen LogP contribution in [0.2, 0.25) is 0 Å². The van der Waals surface area contributed by atoms with Gasteiger partial charge in [-0.3, -0.25) is 0 Å². The first kappa shape index (κ1) is 12.9. The number of nitrogens with two attached hydrogens (primary N) is 1. The van der Waals surface area contributed by atoms with Crippen molar-refractivity contribution in [2.45, 2.75) is 51.5 Å². The average Bonchev–Trinajstić information content (AvgIpc) is 2.49. The molecule has 2 fully saturated rings. The van der Waals surface area contributed by atoms with Crippen molar-refractivity contribution in [1.29, 1.82) is 0 Å². The van der Waals surface area contributed by atoms with Crippen LogP contribution < -0.4 is 10.6 Å². The lowest BCUT2D eigenvalue weighted by Crippen LogP contribution is -2.42. The summed E-state index contributed by atoms with van der Waals surface area (Å²) >= 11 is 0. The van der Waals surface area contributed by atoms with Crippen molar-refractivity contribution < 1.29 is 0 Å². The third-order valence-corrected chi connectivity index (χ3v) is 5.04. The molecule has 2 N–H and O–H groups in total. The first-order valence-electron chi connectivity index (χ1n) is 7.59. The van der Waals surface area contributed by atoms with Gasteiger partial charge in [0.05, 0.1) is 6.20 Å². The molecule has 4 heteroatoms. The number of rotatable bonds is 2. The Hall–Kier alpha value is -1.16. The first-order chi connectivity index (χ1) is 9.33. The van der Waals surface area contributed by atoms with Gasteiger partial charge in [0.25, 0.3) is 0 Å². The molecule has 0 atom stereocenters. The summed E-state index contributed by atoms with van der Waals surface area (Å²) in [6, 6.07) is 1.99. The maximum atomic E-state index is 5.80. The van der Waals surface area contributed by atoms with E-state index in [-0.39, 0.29) is 0 Å². The van der Waals surface area contributed by atoms with Crippen LogP contribution in [0.3, 0.4) is 0 Å². The molecule has 0 radical (unpaired) electrons. The zero-order chi connectivity index (χ0) is 13.1. The lowest BCUT2D eigenvalue weighted by molar-refractivity contribution is 0.144. The molecule has 1 spiro atoms. The molecule has 2 aliphatic rings. The molecule has 4 nitrogen and oxygen atoms in total. The second-order valence-electron chi connectivity index (χ2n) is 6.13. The quantitative estimate of drug-likeness (QED) is 0.887. The Balaban J connectivity index is 1.69. The van der Waals surface area contributed by atoms with E-state index in [2.05, 4.69) is 15.1 Å². The molecule has 19 heavy (non-hydrogen) atoms. The Kier molecular flexibility index (Phi) is 3.69. The van der Waals surface area contributed by atoms with Gasteiger partial charge in [0.1, 0.15) is 0 Å². The maximum Gasteiger partial charge on any atom is 0.155 e. The monoisotopic (exact) mass is 260 g/mol. The van der Waals surface area contributed by atoms with Crippen molar-refractivity contribution in [2.24, 2.45) is 11.1 Å². The summed E-state index contributed by atoms with van der Waals surface area (Å²) in [5.74, 6) is 1.01. The molecule has 1 aromatic rings. The third-order valence-electron chi connectivity index (χ3n) is 5.04. The van der Waals surface area contributed by atoms with Crippen LogP contribution in [0.15, 0.2) is 12.3 Å². The highest BCUT2D eigenvalue weighted by molar-refractivity contribution is 5.45. The molecule has 0 bridgehead atoms. The van der Waals surface area contributed by atoms with Crippen LogP contribution in [0.5, 0.6) is 0 Å². The molecule has 1 aliphatic heterocycles. The van der Waals surface area contributed by atoms with E-state index in [4.69, 9.17) is 5.73 Å². The van der Waals surface area contributed by atoms with Gasteiger partial charge in [-0.25, -0.2) is 0 Å². The van der Waals surface area contributed by atoms with E-state index >= 15 is 0 Å². The summed E-state index contributed by atoms with van der Waals surface area (Å²) in [7, 11) is 0. The second-order valence-corrected chi connectivity index (χ2v) is 6.13. The number of anilines is 1. The molecule has 0 aromatic carbocycles. The van der Waals surface area contributed by atoms with Gasteiger partial charge < -0.3 is 10.6 Å². The lowest BCUT2D eigenvalue weighted by atomic mass is 9.68. The van der Waals surface area contributed by atoms with Crippen molar-refractivity contribution in [3.63, 3.8) is 0 Å². The summed E-state index contributed by atoms with van der Waals surface area (Å²) in [5, 5.41) is 8.33. The van der Waals surface area contributed by atoms with Crippen LogP contribution in [0.1, 0.15) is 50.5 Å². The molecule has 2 heterocycles. The first-order valence-corrected chi connectivity index (χ1v) is 7.59. The maximum absolute atomic E-state index is 5.80. The lowest BCUT2D eigenvalue weighted by Gasteiger charge is -2.44. The molecule has 0 amide bonds. The standard InChI is InChI=1S/C15H24N4/c16-12-13-4-9-17-18-14(13)19-10-7-15(8-11-19)5-2-1-3-6-15/h4,9H,1-3,5-8,10-12,16H2. The van der Waals surface area contributed by atoms with Gasteiger partial charge >= 0.3 is 0 Å². The predicted molar refractivity (Wildman–Crippen MR) is 76.9 cm³/mol. The predicted octanol–water partition coefficient (Wildman–Crippen LogP) is 2.49. The van der Waals surface area contributed by atoms with Crippen molar-refractivity contribution in [2.75, 3.05) is 18.0 Å². The third kappa shape index (κ3) is 2.59. The number of hydrogen-bond donors (Lipinski definition) is 1. The Morgan fingerprint density at radius 1 is 1.11 bits per heavy atom. The Morgan fingerprint density at radius 2 is 1.84 bits per heavy atom. The zero-order valence-electron chi connectivity index (χ0n) is 11.6. The summed E-state index contributed by atoms with van der Waals surface area (Å²) in [4.78, 5) is 2.38. The van der Waals surface area contributed by atoms with Gasteiger partial charge in [-0.05, 0) is 37.2 Å². The van der Waals surface area contributed by atoms with Crippen molar-refractivity contribution in [3.05, 3.63) is 17.8 Å². The van der Waals surface area contributed by atoms with Crippen molar-refractivity contribution in [1.82, 2.24) is 10.2 Å². The highest BCUT2D eigenvalue weighted by Crippen LogP contribution is 2.45. The number of piperidine rings is 1. The summed E-state index contributed by atoms with van der Waals surface area (Å²) < 4.78 is 0. The summed E-state index contributed by atoms with van der Waals surface area (Å²) in [6.45, 7) is 2.78. The highest BCUT2D eigenvalue weighted by Gasteiger charge is 2.36. The Bertz CT molecular complexity index is 416. The molecule has 1 saturated carbocycles. The highest BCUT2D eigenvalue weighted by atomic mass is 15.3. The minimum absolute atomic E-state index is 0.548. The van der Waals surface area contributed by atoms with Gasteiger partial charge in [-0.15, -0.1) is 5.10 Å². The van der Waals surface area contributed by atoms with E-state index < -0.39 is 0 Å². The van der Waals surface area contributed by atoms with E-state index in [1.165, 1.54) is 44.9 Å². The fourth-order valence-corrected chi connectivity index (χ4v) is 3.77. The van der Waals surface area contributed by atoms with Crippen molar-refractivity contribution in [3.8, 4) is 0 Å². The van der Waals surface area contributed by atoms with Gasteiger partial charge in [0.2, 0.25) is 0 Å². The van der Waals surface area contributed by atoms with Crippen molar-refractivity contribution >= 4 is 5.82 Å². The van der Waals surface area contributed by atoms with E-state index in [0.717, 1.165) is 24.5 Å². The van der Waals surface area contributed by atoms with E-state index in [0.29, 0.717) is 12.0 Å². The fourth-order valence-electron chi connectivity index (χ4n) is 3.77. The van der Waals surface area contributed by atoms with E-state index in [1.54, 1.807) is 6.20 Å². The van der Waals surface area contributed by atoms with Crippen LogP contribution in [0.4, 0.5) is 5.82 Å². The molecule has 104 valence electrons. The van der Waals surface area contributed by atoms with Gasteiger partial charge in [0.15, 0.2) is 5.82 Å². The van der Waals surface area contributed by atoms with E-state index in [1.807, 2.05) is 6.07 Å². The average molecular weight is 260 g/mol. The van der Waals surface area contributed by atoms with Gasteiger partial charge in [-0.2, -0.15) is 5.10 Å². The fraction of sp³-hybridized carbons (Fsp3) is 0.733. The molecule has 3 rings (SSSR count). The molecule has 1 aromatic heterocycles. The number of nitrogens with zero attached hydrogens (tertiary/aromatic N) is 3. The number of hydrogen-bond acceptors (Lipinski definition) is 4. The molecular formula is C15H24N4. The summed E-state index contributed by atoms with van der Waals surface area (Å²) in [5.41, 5.74) is 7.56. The van der Waals surface area contributed by atoms with Crippen LogP contribution >= 0.6 is 0 Å². The van der Waals surface area contributed by atoms with E-state index in [9.17, 15) is 0 Å². The summed E-state index contributed by atoms with van der Waals surface area (Å²) in [6.07, 6.45) is 11.5. The number of aromatic nitrogens is 2. The normalized spacial score (nSPS) is 22.7. The second kappa shape index (κ2) is 5.45. The van der Waals surface area contributed by atoms with Crippen LogP contribution in [0, 0.1) is 5.41 Å².